The van der Waals surface area contributed by atoms with Gasteiger partial charge in [0.05, 0.1) is 6.61 Å². The Morgan fingerprint density at radius 2 is 2.00 bits per heavy atom. The summed E-state index contributed by atoms with van der Waals surface area (Å²) in [5.41, 5.74) is 0. The molecule has 1 aromatic heterocycles. The fourth-order valence-corrected chi connectivity index (χ4v) is 2.75. The van der Waals surface area contributed by atoms with Gasteiger partial charge in [-0.05, 0) is 24.0 Å². The Morgan fingerprint density at radius 1 is 1.33 bits per heavy atom. The molecule has 0 aromatic carbocycles. The van der Waals surface area contributed by atoms with Gasteiger partial charge < -0.3 is 10.1 Å². The van der Waals surface area contributed by atoms with Gasteiger partial charge in [0.25, 0.3) is 0 Å². The second-order valence-electron chi connectivity index (χ2n) is 4.84. The zero-order valence-corrected chi connectivity index (χ0v) is 12.5. The van der Waals surface area contributed by atoms with Crippen LogP contribution in [-0.4, -0.2) is 26.2 Å². The van der Waals surface area contributed by atoms with Crippen LogP contribution in [0.5, 0.6) is 0 Å². The molecule has 1 rings (SSSR count). The summed E-state index contributed by atoms with van der Waals surface area (Å²) in [5.74, 6) is 0.940. The molecular weight excluding hydrogens is 246 g/mol. The molecule has 0 fully saturated rings. The largest absolute Gasteiger partial charge is 0.383 e. The van der Waals surface area contributed by atoms with Crippen LogP contribution in [-0.2, 0) is 9.53 Å². The van der Waals surface area contributed by atoms with Crippen molar-refractivity contribution < 1.29 is 9.53 Å². The summed E-state index contributed by atoms with van der Waals surface area (Å²) in [6.07, 6.45) is 0.543. The number of rotatable bonds is 7. The first-order chi connectivity index (χ1) is 8.54. The Morgan fingerprint density at radius 3 is 2.56 bits per heavy atom. The smallest absolute Gasteiger partial charge is 0.220 e. The molecule has 0 bridgehead atoms. The van der Waals surface area contributed by atoms with E-state index in [4.69, 9.17) is 4.74 Å². The molecule has 1 atom stereocenters. The molecule has 0 saturated heterocycles. The predicted octanol–water partition coefficient (Wildman–Crippen LogP) is 3.13. The van der Waals surface area contributed by atoms with Crippen molar-refractivity contribution in [3.8, 4) is 0 Å². The Labute approximate surface area is 114 Å². The number of hydrogen-bond acceptors (Lipinski definition) is 3. The number of hydrogen-bond donors (Lipinski definition) is 1. The number of thiophene rings is 1. The molecular formula is C14H23NO2S. The van der Waals surface area contributed by atoms with E-state index in [0.717, 1.165) is 0 Å². The average Bonchev–Trinajstić information content (AvgIpc) is 2.78. The zero-order valence-electron chi connectivity index (χ0n) is 11.7. The number of ether oxygens (including phenoxy) is 1. The molecule has 102 valence electrons. The zero-order chi connectivity index (χ0) is 13.5. The van der Waals surface area contributed by atoms with E-state index in [9.17, 15) is 4.79 Å². The predicted molar refractivity (Wildman–Crippen MR) is 76.3 cm³/mol. The highest BCUT2D eigenvalue weighted by molar-refractivity contribution is 7.12. The molecule has 1 N–H and O–H groups in total. The number of carbonyl (C=O) groups is 1. The van der Waals surface area contributed by atoms with E-state index in [2.05, 4.69) is 38.2 Å². The van der Waals surface area contributed by atoms with Gasteiger partial charge in [0, 0.05) is 29.8 Å². The first-order valence-corrected chi connectivity index (χ1v) is 7.21. The summed E-state index contributed by atoms with van der Waals surface area (Å²) in [4.78, 5) is 14.4. The van der Waals surface area contributed by atoms with Crippen LogP contribution in [0, 0.1) is 0 Å². The van der Waals surface area contributed by atoms with Crippen molar-refractivity contribution in [3.05, 3.63) is 21.9 Å². The number of methoxy groups -OCH3 is 1. The van der Waals surface area contributed by atoms with Crippen LogP contribution < -0.4 is 5.32 Å². The number of nitrogens with one attached hydrogen (secondary N) is 1. The van der Waals surface area contributed by atoms with Crippen molar-refractivity contribution in [2.75, 3.05) is 20.3 Å². The highest BCUT2D eigenvalue weighted by Gasteiger charge is 2.14. The molecule has 1 unspecified atom stereocenters. The van der Waals surface area contributed by atoms with Gasteiger partial charge in [-0.2, -0.15) is 0 Å². The molecule has 1 aromatic rings. The third-order valence-electron chi connectivity index (χ3n) is 2.82. The third-order valence-corrected chi connectivity index (χ3v) is 4.44. The van der Waals surface area contributed by atoms with Crippen LogP contribution in [0.4, 0.5) is 0 Å². The second-order valence-corrected chi connectivity index (χ2v) is 5.99. The highest BCUT2D eigenvalue weighted by Crippen LogP contribution is 2.30. The van der Waals surface area contributed by atoms with E-state index in [1.54, 1.807) is 7.11 Å². The fraction of sp³-hybridized carbons (Fsp3) is 0.643. The maximum absolute atomic E-state index is 11.7. The molecule has 0 aliphatic rings. The number of carbonyl (C=O) groups excluding carboxylic acids is 1. The van der Waals surface area contributed by atoms with Gasteiger partial charge in [0.2, 0.25) is 5.91 Å². The van der Waals surface area contributed by atoms with Gasteiger partial charge in [-0.15, -0.1) is 11.3 Å². The molecule has 0 radical (unpaired) electrons. The van der Waals surface area contributed by atoms with E-state index >= 15 is 0 Å². The van der Waals surface area contributed by atoms with Gasteiger partial charge in [-0.3, -0.25) is 4.79 Å². The molecule has 1 amide bonds. The molecule has 0 saturated carbocycles. The summed E-state index contributed by atoms with van der Waals surface area (Å²) in [6, 6.07) is 4.32. The summed E-state index contributed by atoms with van der Waals surface area (Å²) in [6.45, 7) is 7.64. The molecule has 0 aliphatic heterocycles. The standard InChI is InChI=1S/C14H23NO2S/c1-10(2)12-5-6-13(18-12)11(3)9-14(16)15-7-8-17-4/h5-6,10-11H,7-9H2,1-4H3,(H,15,16). The minimum atomic E-state index is 0.0963. The SMILES string of the molecule is COCCNC(=O)CC(C)c1ccc(C(C)C)s1. The molecule has 0 spiro atoms. The maximum Gasteiger partial charge on any atom is 0.220 e. The lowest BCUT2D eigenvalue weighted by Crippen LogP contribution is -2.27. The van der Waals surface area contributed by atoms with E-state index in [1.807, 2.05) is 11.3 Å². The van der Waals surface area contributed by atoms with Crippen LogP contribution in [0.2, 0.25) is 0 Å². The van der Waals surface area contributed by atoms with E-state index in [-0.39, 0.29) is 11.8 Å². The summed E-state index contributed by atoms with van der Waals surface area (Å²) < 4.78 is 4.90. The summed E-state index contributed by atoms with van der Waals surface area (Å²) in [7, 11) is 1.63. The van der Waals surface area contributed by atoms with Gasteiger partial charge in [0.15, 0.2) is 0 Å². The van der Waals surface area contributed by atoms with Gasteiger partial charge in [-0.1, -0.05) is 20.8 Å². The Kier molecular flexibility index (Phi) is 6.36. The van der Waals surface area contributed by atoms with Crippen LogP contribution in [0.15, 0.2) is 12.1 Å². The van der Waals surface area contributed by atoms with Crippen molar-refractivity contribution in [2.24, 2.45) is 0 Å². The van der Waals surface area contributed by atoms with Gasteiger partial charge >= 0.3 is 0 Å². The normalized spacial score (nSPS) is 12.7. The second kappa shape index (κ2) is 7.54. The lowest BCUT2D eigenvalue weighted by molar-refractivity contribution is -0.121. The molecule has 18 heavy (non-hydrogen) atoms. The van der Waals surface area contributed by atoms with E-state index in [0.29, 0.717) is 25.5 Å². The number of amides is 1. The molecule has 1 heterocycles. The molecule has 3 nitrogen and oxygen atoms in total. The van der Waals surface area contributed by atoms with Crippen LogP contribution in [0.25, 0.3) is 0 Å². The molecule has 0 aliphatic carbocycles. The van der Waals surface area contributed by atoms with Crippen LogP contribution in [0.3, 0.4) is 0 Å². The molecule has 4 heteroatoms. The fourth-order valence-electron chi connectivity index (χ4n) is 1.69. The Hall–Kier alpha value is -0.870. The van der Waals surface area contributed by atoms with Crippen molar-refractivity contribution in [1.29, 1.82) is 0 Å². The topological polar surface area (TPSA) is 38.3 Å². The van der Waals surface area contributed by atoms with Crippen molar-refractivity contribution in [3.63, 3.8) is 0 Å². The third kappa shape index (κ3) is 4.78. The van der Waals surface area contributed by atoms with Gasteiger partial charge in [-0.25, -0.2) is 0 Å². The van der Waals surface area contributed by atoms with Crippen LogP contribution >= 0.6 is 11.3 Å². The lowest BCUT2D eigenvalue weighted by atomic mass is 10.1. The monoisotopic (exact) mass is 269 g/mol. The van der Waals surface area contributed by atoms with E-state index in [1.165, 1.54) is 9.75 Å². The van der Waals surface area contributed by atoms with Gasteiger partial charge in [0.1, 0.15) is 0 Å². The minimum Gasteiger partial charge on any atom is -0.383 e. The Bertz CT molecular complexity index is 374. The van der Waals surface area contributed by atoms with Crippen molar-refractivity contribution in [2.45, 2.75) is 39.0 Å². The minimum absolute atomic E-state index is 0.0963. The van der Waals surface area contributed by atoms with Crippen molar-refractivity contribution in [1.82, 2.24) is 5.32 Å². The van der Waals surface area contributed by atoms with E-state index < -0.39 is 0 Å². The first kappa shape index (κ1) is 15.2. The van der Waals surface area contributed by atoms with Crippen molar-refractivity contribution >= 4 is 17.2 Å². The summed E-state index contributed by atoms with van der Waals surface area (Å²) in [5, 5.41) is 2.85. The first-order valence-electron chi connectivity index (χ1n) is 6.39. The highest BCUT2D eigenvalue weighted by atomic mass is 32.1. The average molecular weight is 269 g/mol. The quantitative estimate of drug-likeness (QED) is 0.772. The van der Waals surface area contributed by atoms with Crippen LogP contribution in [0.1, 0.15) is 48.8 Å². The maximum atomic E-state index is 11.7. The summed E-state index contributed by atoms with van der Waals surface area (Å²) >= 11 is 1.81. The lowest BCUT2D eigenvalue weighted by Gasteiger charge is -2.10. The Balaban J connectivity index is 2.43.